The Morgan fingerprint density at radius 2 is 1.80 bits per heavy atom. The molecule has 0 spiro atoms. The number of carbonyl (C=O) groups is 1. The molecule has 6 nitrogen and oxygen atoms in total. The summed E-state index contributed by atoms with van der Waals surface area (Å²) >= 11 is 6.13. The van der Waals surface area contributed by atoms with E-state index in [0.29, 0.717) is 11.1 Å². The van der Waals surface area contributed by atoms with E-state index in [2.05, 4.69) is 15.0 Å². The fourth-order valence-corrected chi connectivity index (χ4v) is 3.93. The summed E-state index contributed by atoms with van der Waals surface area (Å²) in [6.45, 7) is 0.485. The maximum Gasteiger partial charge on any atom is 0.263 e. The fourth-order valence-electron chi connectivity index (χ4n) is 2.46. The van der Waals surface area contributed by atoms with Crippen LogP contribution in [0.1, 0.15) is 16.5 Å². The zero-order valence-electron chi connectivity index (χ0n) is 13.1. The first-order chi connectivity index (χ1) is 12.0. The van der Waals surface area contributed by atoms with Crippen molar-refractivity contribution in [3.8, 4) is 0 Å². The number of carbonyl (C=O) groups excluding carboxylic acids is 1. The van der Waals surface area contributed by atoms with Gasteiger partial charge in [0.15, 0.2) is 0 Å². The second-order valence-corrected chi connectivity index (χ2v) is 7.48. The van der Waals surface area contributed by atoms with Crippen LogP contribution in [-0.2, 0) is 14.8 Å². The molecule has 2 N–H and O–H groups in total. The van der Waals surface area contributed by atoms with Crippen LogP contribution in [0.25, 0.3) is 0 Å². The van der Waals surface area contributed by atoms with Gasteiger partial charge >= 0.3 is 0 Å². The lowest BCUT2D eigenvalue weighted by molar-refractivity contribution is -0.120. The highest BCUT2D eigenvalue weighted by atomic mass is 35.5. The minimum atomic E-state index is -3.55. The molecule has 1 heterocycles. The smallest absolute Gasteiger partial charge is 0.263 e. The zero-order chi connectivity index (χ0) is 17.9. The molecule has 1 atom stereocenters. The first-order valence-corrected chi connectivity index (χ1v) is 9.54. The van der Waals surface area contributed by atoms with E-state index in [9.17, 15) is 13.2 Å². The van der Waals surface area contributed by atoms with Crippen LogP contribution in [0.2, 0.25) is 0 Å². The van der Waals surface area contributed by atoms with E-state index in [4.69, 9.17) is 11.6 Å². The topological polar surface area (TPSA) is 87.6 Å². The predicted molar refractivity (Wildman–Crippen MR) is 96.2 cm³/mol. The summed E-state index contributed by atoms with van der Waals surface area (Å²) in [5, 5.41) is 1.92. The molecule has 3 rings (SSSR count). The Labute approximate surface area is 151 Å². The van der Waals surface area contributed by atoms with Crippen LogP contribution >= 0.6 is 11.6 Å². The maximum absolute atomic E-state index is 12.0. The minimum absolute atomic E-state index is 0.211. The maximum atomic E-state index is 12.0. The first-order valence-electron chi connectivity index (χ1n) is 7.62. The highest BCUT2D eigenvalue weighted by Gasteiger charge is 2.29. The molecule has 0 aromatic heterocycles. The third-order valence-electron chi connectivity index (χ3n) is 3.67. The van der Waals surface area contributed by atoms with Gasteiger partial charge in [0.2, 0.25) is 5.91 Å². The summed E-state index contributed by atoms with van der Waals surface area (Å²) < 4.78 is 26.4. The van der Waals surface area contributed by atoms with E-state index in [1.54, 1.807) is 30.3 Å². The summed E-state index contributed by atoms with van der Waals surface area (Å²) in [7, 11) is -3.55. The van der Waals surface area contributed by atoms with Gasteiger partial charge < -0.3 is 5.32 Å². The highest BCUT2D eigenvalue weighted by Crippen LogP contribution is 2.22. The molecule has 1 unspecified atom stereocenters. The average Bonchev–Trinajstić information content (AvgIpc) is 2.89. The van der Waals surface area contributed by atoms with Crippen LogP contribution < -0.4 is 10.0 Å². The van der Waals surface area contributed by atoms with Gasteiger partial charge in [0.25, 0.3) is 10.0 Å². The molecule has 8 heteroatoms. The number of hydrogen-bond acceptors (Lipinski definition) is 4. The lowest BCUT2D eigenvalue weighted by Crippen LogP contribution is -2.30. The van der Waals surface area contributed by atoms with E-state index < -0.39 is 15.4 Å². The molecule has 0 fully saturated rings. The van der Waals surface area contributed by atoms with Crippen LogP contribution in [-0.4, -0.2) is 33.3 Å². The lowest BCUT2D eigenvalue weighted by atomic mass is 10.1. The second-order valence-electron chi connectivity index (χ2n) is 5.40. The van der Waals surface area contributed by atoms with Crippen molar-refractivity contribution in [2.75, 3.05) is 13.1 Å². The van der Waals surface area contributed by atoms with Crippen LogP contribution in [0.3, 0.4) is 0 Å². The van der Waals surface area contributed by atoms with Gasteiger partial charge in [0.05, 0.1) is 11.4 Å². The molecule has 0 bridgehead atoms. The molecule has 0 radical (unpaired) electrons. The largest absolute Gasteiger partial charge is 0.353 e. The number of benzene rings is 2. The third-order valence-corrected chi connectivity index (χ3v) is 5.51. The number of halogens is 1. The Balaban J connectivity index is 1.59. The van der Waals surface area contributed by atoms with E-state index >= 15 is 0 Å². The van der Waals surface area contributed by atoms with Crippen molar-refractivity contribution in [3.63, 3.8) is 0 Å². The van der Waals surface area contributed by atoms with Crippen LogP contribution in [0.5, 0.6) is 0 Å². The number of hydrogen-bond donors (Lipinski definition) is 2. The fraction of sp³-hybridized carbons (Fsp3) is 0.176. The SMILES string of the molecule is O=C(NCCN=C1NS(=O)(=O)c2ccccc21)C(Cl)c1ccccc1. The number of nitrogens with zero attached hydrogens (tertiary/aromatic N) is 1. The van der Waals surface area contributed by atoms with Gasteiger partial charge in [-0.1, -0.05) is 42.5 Å². The number of rotatable bonds is 5. The highest BCUT2D eigenvalue weighted by molar-refractivity contribution is 7.90. The number of amides is 1. The molecule has 1 aliphatic heterocycles. The molecular formula is C17H16ClN3O3S. The van der Waals surface area contributed by atoms with Gasteiger partial charge in [-0.05, 0) is 17.7 Å². The Bertz CT molecular complexity index is 914. The van der Waals surface area contributed by atoms with Crippen LogP contribution in [0.15, 0.2) is 64.5 Å². The standard InChI is InChI=1S/C17H16ClN3O3S/c18-15(12-6-2-1-3-7-12)17(22)20-11-10-19-16-13-8-4-5-9-14(13)25(23,24)21-16/h1-9,15H,10-11H2,(H,19,21)(H,20,22). The van der Waals surface area contributed by atoms with Crippen LogP contribution in [0, 0.1) is 0 Å². The van der Waals surface area contributed by atoms with Crippen molar-refractivity contribution in [1.29, 1.82) is 0 Å². The van der Waals surface area contributed by atoms with Crippen molar-refractivity contribution in [1.82, 2.24) is 10.0 Å². The molecule has 0 saturated heterocycles. The monoisotopic (exact) mass is 377 g/mol. The Morgan fingerprint density at radius 1 is 1.12 bits per heavy atom. The Morgan fingerprint density at radius 3 is 2.56 bits per heavy atom. The van der Waals surface area contributed by atoms with Gasteiger partial charge in [-0.2, -0.15) is 0 Å². The molecule has 130 valence electrons. The van der Waals surface area contributed by atoms with E-state index in [-0.39, 0.29) is 29.7 Å². The van der Waals surface area contributed by atoms with E-state index in [1.165, 1.54) is 6.07 Å². The van der Waals surface area contributed by atoms with Crippen molar-refractivity contribution in [3.05, 3.63) is 65.7 Å². The molecule has 2 aromatic rings. The summed E-state index contributed by atoms with van der Waals surface area (Å²) in [5.74, 6) is -0.0317. The normalized spacial score (nSPS) is 17.6. The quantitative estimate of drug-likeness (QED) is 0.615. The van der Waals surface area contributed by atoms with E-state index in [1.807, 2.05) is 18.2 Å². The summed E-state index contributed by atoms with van der Waals surface area (Å²) in [6.07, 6.45) is 0. The summed E-state index contributed by atoms with van der Waals surface area (Å²) in [6, 6.07) is 15.7. The van der Waals surface area contributed by atoms with Crippen molar-refractivity contribution >= 4 is 33.4 Å². The molecule has 1 aliphatic rings. The zero-order valence-corrected chi connectivity index (χ0v) is 14.7. The summed E-state index contributed by atoms with van der Waals surface area (Å²) in [4.78, 5) is 16.5. The third kappa shape index (κ3) is 3.83. The number of sulfonamides is 1. The van der Waals surface area contributed by atoms with Crippen LogP contribution in [0.4, 0.5) is 0 Å². The number of amidine groups is 1. The van der Waals surface area contributed by atoms with Gasteiger partial charge in [-0.3, -0.25) is 14.5 Å². The Hall–Kier alpha value is -2.38. The molecule has 0 saturated carbocycles. The lowest BCUT2D eigenvalue weighted by Gasteiger charge is -2.10. The van der Waals surface area contributed by atoms with E-state index in [0.717, 1.165) is 0 Å². The molecule has 2 aromatic carbocycles. The molecule has 1 amide bonds. The molecule has 0 aliphatic carbocycles. The minimum Gasteiger partial charge on any atom is -0.353 e. The number of fused-ring (bicyclic) bond motifs is 1. The molecular weight excluding hydrogens is 362 g/mol. The molecule has 25 heavy (non-hydrogen) atoms. The van der Waals surface area contributed by atoms with Gasteiger partial charge in [0, 0.05) is 12.1 Å². The van der Waals surface area contributed by atoms with Gasteiger partial charge in [-0.25, -0.2) is 8.42 Å². The van der Waals surface area contributed by atoms with Gasteiger partial charge in [-0.15, -0.1) is 11.6 Å². The van der Waals surface area contributed by atoms with Gasteiger partial charge in [0.1, 0.15) is 11.2 Å². The first kappa shape index (κ1) is 17.4. The Kier molecular flexibility index (Phi) is 5.06. The van der Waals surface area contributed by atoms with Crippen molar-refractivity contribution in [2.24, 2.45) is 4.99 Å². The second kappa shape index (κ2) is 7.25. The number of alkyl halides is 1. The number of aliphatic imine (C=N–C) groups is 1. The van der Waals surface area contributed by atoms with Crippen molar-refractivity contribution in [2.45, 2.75) is 10.3 Å². The number of nitrogens with one attached hydrogen (secondary N) is 2. The van der Waals surface area contributed by atoms with Crippen molar-refractivity contribution < 1.29 is 13.2 Å². The average molecular weight is 378 g/mol. The predicted octanol–water partition coefficient (Wildman–Crippen LogP) is 1.82. The summed E-state index contributed by atoms with van der Waals surface area (Å²) in [5.41, 5.74) is 1.25.